The van der Waals surface area contributed by atoms with Crippen molar-refractivity contribution in [2.45, 2.75) is 48.1 Å². The van der Waals surface area contributed by atoms with E-state index in [0.29, 0.717) is 0 Å². The van der Waals surface area contributed by atoms with Gasteiger partial charge in [0.2, 0.25) is 0 Å². The van der Waals surface area contributed by atoms with Crippen LogP contribution in [0.4, 0.5) is 0 Å². The molecule has 4 heteroatoms. The van der Waals surface area contributed by atoms with Crippen LogP contribution < -0.4 is 0 Å². The summed E-state index contributed by atoms with van der Waals surface area (Å²) in [5.41, 5.74) is 10.4. The average molecular weight is 417 g/mol. The third-order valence-electron chi connectivity index (χ3n) is 4.89. The van der Waals surface area contributed by atoms with E-state index < -0.39 is 0 Å². The zero-order valence-electron chi connectivity index (χ0n) is 16.2. The Hall–Kier alpha value is -1.54. The van der Waals surface area contributed by atoms with Crippen molar-refractivity contribution >= 4 is 10.1 Å². The molecule has 1 heterocycles. The van der Waals surface area contributed by atoms with Crippen LogP contribution in [0.5, 0.6) is 0 Å². The fourth-order valence-electron chi connectivity index (χ4n) is 3.91. The normalized spacial score (nSPS) is 12.7. The molecule has 0 fully saturated rings. The second-order valence-electron chi connectivity index (χ2n) is 7.21. The first kappa shape index (κ1) is 19.2. The number of halogens is 1. The van der Waals surface area contributed by atoms with Crippen LogP contribution in [0.25, 0.3) is 5.69 Å². The van der Waals surface area contributed by atoms with Crippen molar-refractivity contribution < 1.29 is 13.6 Å². The molecule has 0 N–H and O–H groups in total. The molecule has 3 aromatic rings. The number of aromatic nitrogens is 2. The molecule has 0 saturated heterocycles. The van der Waals surface area contributed by atoms with Crippen LogP contribution in [0.1, 0.15) is 38.9 Å². The average Bonchev–Trinajstić information content (AvgIpc) is 2.92. The van der Waals surface area contributed by atoms with Gasteiger partial charge < -0.3 is 0 Å². The fraction of sp³-hybridized carbons (Fsp3) is 0.318. The predicted molar refractivity (Wildman–Crippen MR) is 107 cm³/mol. The molecule has 0 unspecified atom stereocenters. The molecule has 144 valence electrons. The van der Waals surface area contributed by atoms with E-state index in [2.05, 4.69) is 87.3 Å². The van der Waals surface area contributed by atoms with Gasteiger partial charge in [-0.05, 0) is 0 Å². The van der Waals surface area contributed by atoms with E-state index in [-0.39, 0.29) is 0 Å². The van der Waals surface area contributed by atoms with Gasteiger partial charge in [0.05, 0.1) is 0 Å². The molecular formula is C22H26ClCuN2-2. The monoisotopic (exact) mass is 416 g/mol. The van der Waals surface area contributed by atoms with Crippen LogP contribution in [0.3, 0.4) is 0 Å². The van der Waals surface area contributed by atoms with Crippen LogP contribution >= 0.6 is 10.1 Å². The molecule has 2 aromatic carbocycles. The molecule has 0 aliphatic rings. The Morgan fingerprint density at radius 3 is 1.77 bits per heavy atom. The van der Waals surface area contributed by atoms with Gasteiger partial charge in [0.15, 0.2) is 0 Å². The first-order valence-electron chi connectivity index (χ1n) is 8.76. The molecule has 0 aliphatic carbocycles. The molecule has 0 saturated carbocycles. The van der Waals surface area contributed by atoms with Gasteiger partial charge in [-0.3, -0.25) is 0 Å². The van der Waals surface area contributed by atoms with Gasteiger partial charge in [0, 0.05) is 0 Å². The van der Waals surface area contributed by atoms with Crippen LogP contribution in [0, 0.1) is 45.9 Å². The van der Waals surface area contributed by atoms with E-state index in [1.807, 2.05) is 0 Å². The molecule has 0 aliphatic heterocycles. The van der Waals surface area contributed by atoms with Crippen molar-refractivity contribution in [3.05, 3.63) is 79.9 Å². The molecule has 0 atom stereocenters. The number of rotatable bonds is 3. The van der Waals surface area contributed by atoms with E-state index in [0.717, 1.165) is 10.9 Å². The first-order chi connectivity index (χ1) is 12.3. The third kappa shape index (κ3) is 3.62. The number of hydrogen-bond acceptors (Lipinski definition) is 0. The SMILES string of the molecule is Cc1cc(C)c(Cn2ccn(-c3c(C)cc(C)cc3C)[c]2=[Cu-2][Cl])c(C)c1. The van der Waals surface area contributed by atoms with Gasteiger partial charge in [-0.2, -0.15) is 0 Å². The van der Waals surface area contributed by atoms with Crippen molar-refractivity contribution in [2.24, 2.45) is 0 Å². The number of hydrogen-bond donors (Lipinski definition) is 0. The summed E-state index contributed by atoms with van der Waals surface area (Å²) in [4.78, 5) is 0. The summed E-state index contributed by atoms with van der Waals surface area (Å²) in [5, 5.41) is 0. The second-order valence-corrected chi connectivity index (χ2v) is 8.28. The summed E-state index contributed by atoms with van der Waals surface area (Å²) in [6, 6.07) is 8.95. The molecule has 0 bridgehead atoms. The molecular weight excluding hydrogens is 391 g/mol. The summed E-state index contributed by atoms with van der Waals surface area (Å²) >= 11 is 1.38. The molecule has 0 amide bonds. The number of nitrogens with zero attached hydrogens (tertiary/aromatic N) is 2. The quantitative estimate of drug-likeness (QED) is 0.467. The van der Waals surface area contributed by atoms with Crippen molar-refractivity contribution in [1.82, 2.24) is 9.13 Å². The van der Waals surface area contributed by atoms with E-state index in [1.165, 1.54) is 58.2 Å². The third-order valence-corrected chi connectivity index (χ3v) is 5.96. The van der Waals surface area contributed by atoms with Gasteiger partial charge in [0.25, 0.3) is 0 Å². The van der Waals surface area contributed by atoms with E-state index >= 15 is 0 Å². The molecule has 1 aromatic heterocycles. The Labute approximate surface area is 166 Å². The molecule has 3 rings (SSSR count). The van der Waals surface area contributed by atoms with Crippen LogP contribution in [0.2, 0.25) is 0 Å². The zero-order chi connectivity index (χ0) is 19.0. The van der Waals surface area contributed by atoms with E-state index in [9.17, 15) is 0 Å². The van der Waals surface area contributed by atoms with Gasteiger partial charge in [-0.25, -0.2) is 0 Å². The summed E-state index contributed by atoms with van der Waals surface area (Å²) in [5.74, 6) is 0. The summed E-state index contributed by atoms with van der Waals surface area (Å²) in [7, 11) is 6.30. The molecule has 2 nitrogen and oxygen atoms in total. The Kier molecular flexibility index (Phi) is 5.62. The number of benzene rings is 2. The van der Waals surface area contributed by atoms with Crippen LogP contribution in [0.15, 0.2) is 36.7 Å². The summed E-state index contributed by atoms with van der Waals surface area (Å²) in [6.45, 7) is 13.8. The molecule has 0 radical (unpaired) electrons. The Morgan fingerprint density at radius 2 is 1.27 bits per heavy atom. The minimum absolute atomic E-state index is 0.821. The maximum atomic E-state index is 6.30. The minimum atomic E-state index is 0.821. The first-order valence-corrected chi connectivity index (χ1v) is 10.5. The number of imidazole rings is 1. The van der Waals surface area contributed by atoms with Crippen LogP contribution in [-0.2, 0) is 20.2 Å². The topological polar surface area (TPSA) is 9.86 Å². The predicted octanol–water partition coefficient (Wildman–Crippen LogP) is 5.95. The Bertz CT molecular complexity index is 995. The van der Waals surface area contributed by atoms with Crippen LogP contribution in [-0.4, -0.2) is 9.13 Å². The zero-order valence-corrected chi connectivity index (χ0v) is 17.9. The van der Waals surface area contributed by atoms with Gasteiger partial charge in [0.1, 0.15) is 0 Å². The maximum absolute atomic E-state index is 6.30. The van der Waals surface area contributed by atoms with Crippen molar-refractivity contribution in [2.75, 3.05) is 0 Å². The van der Waals surface area contributed by atoms with Crippen molar-refractivity contribution in [1.29, 1.82) is 0 Å². The Balaban J connectivity index is 2.12. The van der Waals surface area contributed by atoms with Gasteiger partial charge >= 0.3 is 167 Å². The van der Waals surface area contributed by atoms with Crippen molar-refractivity contribution in [3.8, 4) is 5.69 Å². The molecule has 0 spiro atoms. The van der Waals surface area contributed by atoms with Crippen molar-refractivity contribution in [3.63, 3.8) is 0 Å². The summed E-state index contributed by atoms with van der Waals surface area (Å²) in [6.07, 6.45) is 4.24. The number of aryl methyl sites for hydroxylation is 6. The second kappa shape index (κ2) is 7.60. The summed E-state index contributed by atoms with van der Waals surface area (Å²) < 4.78 is 5.46. The van der Waals surface area contributed by atoms with Gasteiger partial charge in [-0.15, -0.1) is 0 Å². The van der Waals surface area contributed by atoms with Gasteiger partial charge in [-0.1, -0.05) is 0 Å². The molecule has 26 heavy (non-hydrogen) atoms. The fourth-order valence-corrected chi connectivity index (χ4v) is 4.91. The van der Waals surface area contributed by atoms with E-state index in [4.69, 9.17) is 10.1 Å². The Morgan fingerprint density at radius 1 is 0.769 bits per heavy atom. The van der Waals surface area contributed by atoms with E-state index in [1.54, 1.807) is 0 Å². The standard InChI is InChI=1S/C22H26N2.ClH.Cu/c1-15-9-17(3)21(18(4)10-15)13-23-7-8-24(14-23)22-19(5)11-16(2)12-20(22)6;;/h7-12H,13H2,1-6H3;1H;/q;;-1/p-1.